The van der Waals surface area contributed by atoms with Crippen molar-refractivity contribution < 1.29 is 47.1 Å². The third-order valence-corrected chi connectivity index (χ3v) is 15.1. The van der Waals surface area contributed by atoms with Crippen LogP contribution < -0.4 is 31.2 Å². The molecule has 3 amide bonds. The average molecular weight is 1240 g/mol. The zero-order valence-corrected chi connectivity index (χ0v) is 46.7. The smallest absolute Gasteiger partial charge is 0.407 e. The number of amidine groups is 1. The molecule has 402 valence electrons. The molecule has 1 aliphatic heterocycles. The Morgan fingerprint density at radius 3 is 2.42 bits per heavy atom. The molecule has 2 aromatic heterocycles. The Labute approximate surface area is 474 Å². The fraction of sp³-hybridized carbons (Fsp3) is 0.288. The van der Waals surface area contributed by atoms with Crippen LogP contribution in [0, 0.1) is 17.1 Å². The molecule has 1 saturated heterocycles. The predicted molar refractivity (Wildman–Crippen MR) is 298 cm³/mol. The first-order chi connectivity index (χ1) is 37.1. The molecule has 0 bridgehead atoms. The number of likely N-dealkylation sites (tertiary alicyclic amines) is 1. The van der Waals surface area contributed by atoms with Gasteiger partial charge < -0.3 is 40.6 Å². The first-order valence-corrected chi connectivity index (χ1v) is 26.8. The maximum absolute atomic E-state index is 13.8. The van der Waals surface area contributed by atoms with Gasteiger partial charge in [0.25, 0.3) is 0 Å². The summed E-state index contributed by atoms with van der Waals surface area (Å²) < 4.78 is 43.4. The number of nitrogens with one attached hydrogen (secondary N) is 3. The van der Waals surface area contributed by atoms with E-state index >= 15 is 0 Å². The molecule has 4 atom stereocenters. The van der Waals surface area contributed by atoms with Crippen molar-refractivity contribution in [2.75, 3.05) is 37.3 Å². The maximum Gasteiger partial charge on any atom is 0.407 e. The lowest BCUT2D eigenvalue weighted by atomic mass is 10.0. The van der Waals surface area contributed by atoms with E-state index in [2.05, 4.69) is 104 Å². The first-order valence-electron chi connectivity index (χ1n) is 23.8. The van der Waals surface area contributed by atoms with Crippen LogP contribution >= 0.6 is 68.7 Å². The highest BCUT2D eigenvalue weighted by atomic mass is 79.9. The van der Waals surface area contributed by atoms with Gasteiger partial charge in [0.2, 0.25) is 0 Å². The Bertz CT molecular complexity index is 3160. The van der Waals surface area contributed by atoms with Crippen molar-refractivity contribution in [3.05, 3.63) is 145 Å². The van der Waals surface area contributed by atoms with Crippen molar-refractivity contribution >= 4 is 110 Å². The quantitative estimate of drug-likeness (QED) is 0.0129. The zero-order chi connectivity index (χ0) is 55.0. The van der Waals surface area contributed by atoms with Gasteiger partial charge in [0, 0.05) is 88.4 Å². The molecule has 3 heterocycles. The van der Waals surface area contributed by atoms with Crippen LogP contribution in [-0.4, -0.2) is 98.8 Å². The van der Waals surface area contributed by atoms with Crippen LogP contribution in [0.15, 0.2) is 116 Å². The number of ether oxygens (including phenoxy) is 4. The van der Waals surface area contributed by atoms with Gasteiger partial charge in [-0.3, -0.25) is 24.3 Å². The van der Waals surface area contributed by atoms with Gasteiger partial charge in [-0.2, -0.15) is 35.5 Å². The summed E-state index contributed by atoms with van der Waals surface area (Å²) in [5.74, 6) is -3.00. The van der Waals surface area contributed by atoms with Crippen molar-refractivity contribution in [2.45, 2.75) is 68.6 Å². The molecule has 0 spiro atoms. The van der Waals surface area contributed by atoms with E-state index in [0.29, 0.717) is 34.6 Å². The van der Waals surface area contributed by atoms with Gasteiger partial charge in [-0.05, 0) is 103 Å². The van der Waals surface area contributed by atoms with Gasteiger partial charge in [-0.1, -0.05) is 60.1 Å². The number of nitriles is 1. The van der Waals surface area contributed by atoms with Gasteiger partial charge in [0.05, 0.1) is 21.7 Å². The van der Waals surface area contributed by atoms with Gasteiger partial charge in [0.15, 0.2) is 17.3 Å². The SMILES string of the molecule is CCOC(=O)[C@@H]1C[C@H](OC(=O)NCCC(S)C(S)CCNC(=O)C(=O)/N=C(\Nc2ccc(F)c(Br)c2)c2nonc2N)CN1Cc1cc(Cl)c(OCc2cccc(-c3ccccc3)c2Br)cc1OCc1cncc(C#N)c1. The molecule has 4 aromatic carbocycles. The van der Waals surface area contributed by atoms with Crippen LogP contribution in [0.2, 0.25) is 5.02 Å². The lowest BCUT2D eigenvalue weighted by Crippen LogP contribution is -2.37. The molecule has 1 aliphatic rings. The fourth-order valence-electron chi connectivity index (χ4n) is 7.92. The standard InChI is InChI=1S/C52H50Br2ClFN10O9S2/c1-2-71-51(69)40-20-35(74-52(70)61-16-14-44(77)43(76)13-15-60-49(67)50(68)63-48(46-47(58)65-75-64-46)62-34-11-12-39(56)37(53)19-34)26-66(40)25-33-18-38(55)42(21-41(33)72-27-30-17-29(22-57)23-59-24-30)73-28-32-9-6-10-36(45(32)54)31-7-4-3-5-8-31/h3-12,17-19,21,23-24,35,40,43-44,76-77H,2,13-16,20,25-28H2,1H3,(H2,58,65)(H,60,67)(H,61,70)(H,62,63,68)/t35-,40-,43?,44?/m0/s1. The number of anilines is 2. The van der Waals surface area contributed by atoms with Crippen LogP contribution in [-0.2, 0) is 43.6 Å². The summed E-state index contributed by atoms with van der Waals surface area (Å²) in [4.78, 5) is 62.0. The van der Waals surface area contributed by atoms with Crippen molar-refractivity contribution in [3.63, 3.8) is 0 Å². The number of carbonyl (C=O) groups is 4. The maximum atomic E-state index is 13.8. The van der Waals surface area contributed by atoms with E-state index in [-0.39, 0.29) is 102 Å². The monoisotopic (exact) mass is 1230 g/mol. The first kappa shape index (κ1) is 57.9. The molecule has 6 aromatic rings. The molecular formula is C52H50Br2ClFN10O9S2. The fourth-order valence-corrected chi connectivity index (χ4v) is 9.70. The highest BCUT2D eigenvalue weighted by Crippen LogP contribution is 2.38. The number of pyridine rings is 1. The summed E-state index contributed by atoms with van der Waals surface area (Å²) >= 11 is 23.1. The second kappa shape index (κ2) is 28.0. The second-order valence-electron chi connectivity index (χ2n) is 17.2. The van der Waals surface area contributed by atoms with Crippen molar-refractivity contribution in [1.29, 1.82) is 5.26 Å². The number of thiol groups is 2. The van der Waals surface area contributed by atoms with Gasteiger partial charge in [-0.15, -0.1) is 0 Å². The molecule has 77 heavy (non-hydrogen) atoms. The largest absolute Gasteiger partial charge is 0.488 e. The number of nitrogens with two attached hydrogens (primary N) is 1. The second-order valence-corrected chi connectivity index (χ2v) is 20.6. The van der Waals surface area contributed by atoms with Gasteiger partial charge >= 0.3 is 23.9 Å². The van der Waals surface area contributed by atoms with Gasteiger partial charge in [0.1, 0.15) is 48.7 Å². The summed E-state index contributed by atoms with van der Waals surface area (Å²) in [5, 5.41) is 24.1. The minimum atomic E-state index is -1.20. The minimum absolute atomic E-state index is 0.0239. The number of carbonyl (C=O) groups excluding carboxylic acids is 4. The normalized spacial score (nSPS) is 15.2. The Morgan fingerprint density at radius 1 is 0.948 bits per heavy atom. The van der Waals surface area contributed by atoms with Crippen molar-refractivity contribution in [3.8, 4) is 28.7 Å². The molecule has 25 heteroatoms. The predicted octanol–water partition coefficient (Wildman–Crippen LogP) is 8.87. The van der Waals surface area contributed by atoms with Crippen LogP contribution in [0.3, 0.4) is 0 Å². The van der Waals surface area contributed by atoms with Crippen LogP contribution in [0.4, 0.5) is 20.7 Å². The number of nitrogens with zero attached hydrogens (tertiary/aromatic N) is 6. The van der Waals surface area contributed by atoms with E-state index in [1.807, 2.05) is 53.4 Å². The number of hydrogen-bond donors (Lipinski definition) is 6. The lowest BCUT2D eigenvalue weighted by molar-refractivity contribution is -0.148. The Morgan fingerprint density at radius 2 is 1.70 bits per heavy atom. The number of halogens is 4. The molecule has 5 N–H and O–H groups in total. The molecular weight excluding hydrogens is 1190 g/mol. The third-order valence-electron chi connectivity index (χ3n) is 11.8. The Hall–Kier alpha value is -6.75. The Kier molecular flexibility index (Phi) is 21.1. The minimum Gasteiger partial charge on any atom is -0.488 e. The van der Waals surface area contributed by atoms with Crippen LogP contribution in [0.5, 0.6) is 11.5 Å². The molecule has 0 radical (unpaired) electrons. The number of hydrogen-bond acceptors (Lipinski definition) is 17. The summed E-state index contributed by atoms with van der Waals surface area (Å²) in [7, 11) is 0. The molecule has 0 saturated carbocycles. The van der Waals surface area contributed by atoms with E-state index in [4.69, 9.17) is 36.3 Å². The van der Waals surface area contributed by atoms with Crippen LogP contribution in [0.1, 0.15) is 54.1 Å². The lowest BCUT2D eigenvalue weighted by Gasteiger charge is -2.24. The molecule has 19 nitrogen and oxygen atoms in total. The van der Waals surface area contributed by atoms with E-state index in [1.54, 1.807) is 31.3 Å². The highest BCUT2D eigenvalue weighted by Gasteiger charge is 2.40. The zero-order valence-electron chi connectivity index (χ0n) is 41.0. The third kappa shape index (κ3) is 16.2. The van der Waals surface area contributed by atoms with Crippen LogP contribution in [0.25, 0.3) is 11.1 Å². The number of aliphatic imine (C=N–C) groups is 1. The number of amides is 3. The molecule has 1 fully saturated rings. The topological polar surface area (TPSA) is 259 Å². The average Bonchev–Trinajstić information content (AvgIpc) is 4.04. The van der Waals surface area contributed by atoms with E-state index in [1.165, 1.54) is 24.4 Å². The number of aromatic nitrogens is 3. The number of benzene rings is 4. The summed E-state index contributed by atoms with van der Waals surface area (Å²) in [6, 6.07) is 26.2. The number of alkyl carbamates (subject to hydrolysis) is 1. The molecule has 2 unspecified atom stereocenters. The number of esters is 1. The summed E-state index contributed by atoms with van der Waals surface area (Å²) in [6.45, 7) is 2.52. The van der Waals surface area contributed by atoms with E-state index < -0.39 is 41.8 Å². The number of nitrogen functional groups attached to an aromatic ring is 1. The molecule has 7 rings (SSSR count). The summed E-state index contributed by atoms with van der Waals surface area (Å²) in [5.41, 5.74) is 10.5. The summed E-state index contributed by atoms with van der Waals surface area (Å²) in [6.07, 6.45) is 2.41. The van der Waals surface area contributed by atoms with Gasteiger partial charge in [-0.25, -0.2) is 13.8 Å². The Balaban J connectivity index is 0.937. The number of rotatable bonds is 21. The van der Waals surface area contributed by atoms with Crippen molar-refractivity contribution in [1.82, 2.24) is 30.8 Å². The van der Waals surface area contributed by atoms with E-state index in [9.17, 15) is 28.8 Å². The highest BCUT2D eigenvalue weighted by molar-refractivity contribution is 9.11. The molecule has 0 aliphatic carbocycles. The van der Waals surface area contributed by atoms with E-state index in [0.717, 1.165) is 21.2 Å². The van der Waals surface area contributed by atoms with Crippen molar-refractivity contribution in [2.24, 2.45) is 4.99 Å².